The van der Waals surface area contributed by atoms with Gasteiger partial charge >= 0.3 is 0 Å². The summed E-state index contributed by atoms with van der Waals surface area (Å²) in [6.07, 6.45) is 5.64. The Kier molecular flexibility index (Phi) is 4.41. The van der Waals surface area contributed by atoms with Crippen molar-refractivity contribution in [3.63, 3.8) is 0 Å². The highest BCUT2D eigenvalue weighted by Gasteiger charge is 2.43. The number of fused-ring (bicyclic) bond motifs is 1. The van der Waals surface area contributed by atoms with Gasteiger partial charge in [-0.1, -0.05) is 0 Å². The van der Waals surface area contributed by atoms with Crippen molar-refractivity contribution in [3.05, 3.63) is 47.9 Å². The Hall–Kier alpha value is -3.50. The van der Waals surface area contributed by atoms with Crippen LogP contribution in [0.5, 0.6) is 0 Å². The Morgan fingerprint density at radius 2 is 2.21 bits per heavy atom. The van der Waals surface area contributed by atoms with E-state index in [1.54, 1.807) is 24.7 Å². The Morgan fingerprint density at radius 1 is 1.39 bits per heavy atom. The summed E-state index contributed by atoms with van der Waals surface area (Å²) < 4.78 is 0. The number of nitriles is 1. The minimum atomic E-state index is -0.266. The molecule has 0 bridgehead atoms. The Bertz CT molecular complexity index is 1140. The van der Waals surface area contributed by atoms with Gasteiger partial charge in [-0.2, -0.15) is 5.26 Å². The molecule has 7 heteroatoms. The van der Waals surface area contributed by atoms with Crippen LogP contribution in [0.1, 0.15) is 17.5 Å². The number of benzene rings is 1. The number of aliphatic hydroxyl groups is 1. The van der Waals surface area contributed by atoms with Crippen molar-refractivity contribution in [2.75, 3.05) is 11.1 Å². The topological polar surface area (TPSA) is 125 Å². The number of amides is 1. The van der Waals surface area contributed by atoms with Gasteiger partial charge in [0.1, 0.15) is 5.82 Å². The number of hydrogen-bond donors (Lipinski definition) is 3. The molecule has 140 valence electrons. The molecule has 1 saturated carbocycles. The molecule has 1 aromatic carbocycles. The maximum absolute atomic E-state index is 12.2. The molecule has 2 heterocycles. The van der Waals surface area contributed by atoms with Crippen molar-refractivity contribution in [3.8, 4) is 17.2 Å². The van der Waals surface area contributed by atoms with Crippen LogP contribution in [-0.4, -0.2) is 21.0 Å². The third-order valence-corrected chi connectivity index (χ3v) is 5.21. The maximum Gasteiger partial charge on any atom is 0.230 e. The van der Waals surface area contributed by atoms with Crippen LogP contribution in [-0.2, 0) is 11.4 Å². The lowest BCUT2D eigenvalue weighted by Gasteiger charge is -2.16. The lowest BCUT2D eigenvalue weighted by Crippen LogP contribution is -2.15. The van der Waals surface area contributed by atoms with Gasteiger partial charge in [0.15, 0.2) is 0 Å². The van der Waals surface area contributed by atoms with E-state index >= 15 is 0 Å². The molecule has 2 atom stereocenters. The second kappa shape index (κ2) is 6.91. The molecule has 0 spiro atoms. The summed E-state index contributed by atoms with van der Waals surface area (Å²) >= 11 is 0. The van der Waals surface area contributed by atoms with E-state index in [1.807, 2.05) is 19.1 Å². The first-order valence-corrected chi connectivity index (χ1v) is 8.97. The zero-order chi connectivity index (χ0) is 19.8. The van der Waals surface area contributed by atoms with Crippen molar-refractivity contribution >= 4 is 28.2 Å². The number of carbonyl (C=O) groups is 1. The van der Waals surface area contributed by atoms with Gasteiger partial charge in [0.05, 0.1) is 24.5 Å². The summed E-state index contributed by atoms with van der Waals surface area (Å²) in [5.74, 6) is -0.255. The molecule has 28 heavy (non-hydrogen) atoms. The van der Waals surface area contributed by atoms with Crippen LogP contribution in [0.15, 0.2) is 36.8 Å². The monoisotopic (exact) mass is 373 g/mol. The summed E-state index contributed by atoms with van der Waals surface area (Å²) in [7, 11) is 0. The van der Waals surface area contributed by atoms with Gasteiger partial charge in [0.25, 0.3) is 0 Å². The standard InChI is InChI=1S/C21H19N5O2/c1-11-2-3-24-8-16(11)15-4-12-6-19(26-21(28)14-5-13(14)7-22)25-9-17(12)20(23)18(15)10-27/h2-4,6,8-9,13-14,27H,5,10,23H2,1H3,(H,25,26,28)/t13-,14+/m0/s1. The molecule has 1 fully saturated rings. The van der Waals surface area contributed by atoms with Gasteiger partial charge in [-0.15, -0.1) is 0 Å². The second-order valence-electron chi connectivity index (χ2n) is 7.02. The summed E-state index contributed by atoms with van der Waals surface area (Å²) in [5, 5.41) is 23.1. The van der Waals surface area contributed by atoms with Crippen molar-refractivity contribution in [1.82, 2.24) is 9.97 Å². The van der Waals surface area contributed by atoms with Crippen LogP contribution in [0.2, 0.25) is 0 Å². The smallest absolute Gasteiger partial charge is 0.230 e. The molecule has 3 aromatic rings. The van der Waals surface area contributed by atoms with Crippen molar-refractivity contribution < 1.29 is 9.90 Å². The molecule has 0 aliphatic heterocycles. The fourth-order valence-corrected chi connectivity index (χ4v) is 3.44. The van der Waals surface area contributed by atoms with Crippen LogP contribution >= 0.6 is 0 Å². The predicted octanol–water partition coefficient (Wildman–Crippen LogP) is 2.78. The molecule has 7 nitrogen and oxygen atoms in total. The zero-order valence-corrected chi connectivity index (χ0v) is 15.3. The van der Waals surface area contributed by atoms with Gasteiger partial charge < -0.3 is 16.2 Å². The fraction of sp³-hybridized carbons (Fsp3) is 0.238. The fourth-order valence-electron chi connectivity index (χ4n) is 3.44. The second-order valence-corrected chi connectivity index (χ2v) is 7.02. The first-order chi connectivity index (χ1) is 13.5. The van der Waals surface area contributed by atoms with E-state index in [-0.39, 0.29) is 24.3 Å². The molecule has 4 N–H and O–H groups in total. The number of aryl methyl sites for hydroxylation is 1. The van der Waals surface area contributed by atoms with Gasteiger partial charge in [0, 0.05) is 40.8 Å². The molecule has 1 aliphatic carbocycles. The maximum atomic E-state index is 12.2. The van der Waals surface area contributed by atoms with Gasteiger partial charge in [-0.05, 0) is 48.1 Å². The highest BCUT2D eigenvalue weighted by molar-refractivity contribution is 6.01. The third-order valence-electron chi connectivity index (χ3n) is 5.21. The molecule has 4 rings (SSSR count). The lowest BCUT2D eigenvalue weighted by atomic mass is 9.93. The van der Waals surface area contributed by atoms with Crippen LogP contribution in [0.25, 0.3) is 21.9 Å². The van der Waals surface area contributed by atoms with Crippen molar-refractivity contribution in [1.29, 1.82) is 5.26 Å². The molecule has 1 amide bonds. The first-order valence-electron chi connectivity index (χ1n) is 8.97. The predicted molar refractivity (Wildman–Crippen MR) is 106 cm³/mol. The summed E-state index contributed by atoms with van der Waals surface area (Å²) in [4.78, 5) is 20.7. The van der Waals surface area contributed by atoms with E-state index in [9.17, 15) is 9.90 Å². The molecular weight excluding hydrogens is 354 g/mol. The molecule has 0 unspecified atom stereocenters. The number of carbonyl (C=O) groups excluding carboxylic acids is 1. The number of nitrogens with one attached hydrogen (secondary N) is 1. The van der Waals surface area contributed by atoms with Gasteiger partial charge in [-0.25, -0.2) is 4.98 Å². The van der Waals surface area contributed by atoms with E-state index in [1.165, 1.54) is 0 Å². The number of nitrogen functional groups attached to an aromatic ring is 1. The number of pyridine rings is 2. The van der Waals surface area contributed by atoms with E-state index in [4.69, 9.17) is 11.0 Å². The Labute approximate surface area is 161 Å². The SMILES string of the molecule is Cc1ccncc1-c1cc2cc(NC(=O)[C@@H]3C[C@H]3C#N)ncc2c(N)c1CO. The van der Waals surface area contributed by atoms with E-state index in [0.717, 1.165) is 22.1 Å². The average molecular weight is 373 g/mol. The lowest BCUT2D eigenvalue weighted by molar-refractivity contribution is -0.117. The molecule has 1 aliphatic rings. The first kappa shape index (κ1) is 17.9. The summed E-state index contributed by atoms with van der Waals surface area (Å²) in [5.41, 5.74) is 10.1. The molecule has 2 aromatic heterocycles. The van der Waals surface area contributed by atoms with Gasteiger partial charge in [-0.3, -0.25) is 9.78 Å². The molecular formula is C21H19N5O2. The highest BCUT2D eigenvalue weighted by atomic mass is 16.3. The number of anilines is 2. The number of aromatic nitrogens is 2. The normalized spacial score (nSPS) is 17.9. The van der Waals surface area contributed by atoms with Crippen molar-refractivity contribution in [2.45, 2.75) is 20.0 Å². The van der Waals surface area contributed by atoms with Crippen LogP contribution < -0.4 is 11.1 Å². The number of nitrogens with two attached hydrogens (primary N) is 1. The molecule has 0 radical (unpaired) electrons. The largest absolute Gasteiger partial charge is 0.398 e. The number of aliphatic hydroxyl groups excluding tert-OH is 1. The van der Waals surface area contributed by atoms with E-state index < -0.39 is 0 Å². The van der Waals surface area contributed by atoms with E-state index in [0.29, 0.717) is 28.9 Å². The van der Waals surface area contributed by atoms with Gasteiger partial charge in [0.2, 0.25) is 5.91 Å². The van der Waals surface area contributed by atoms with Crippen molar-refractivity contribution in [2.24, 2.45) is 11.8 Å². The minimum Gasteiger partial charge on any atom is -0.398 e. The quantitative estimate of drug-likeness (QED) is 0.604. The zero-order valence-electron chi connectivity index (χ0n) is 15.3. The summed E-state index contributed by atoms with van der Waals surface area (Å²) in [6, 6.07) is 7.69. The van der Waals surface area contributed by atoms with E-state index in [2.05, 4.69) is 21.4 Å². The van der Waals surface area contributed by atoms with Crippen LogP contribution in [0.4, 0.5) is 11.5 Å². The number of nitrogens with zero attached hydrogens (tertiary/aromatic N) is 3. The summed E-state index contributed by atoms with van der Waals surface area (Å²) in [6.45, 7) is 1.76. The minimum absolute atomic E-state index is 0.193. The van der Waals surface area contributed by atoms with Crippen LogP contribution in [0.3, 0.4) is 0 Å². The number of rotatable bonds is 4. The third kappa shape index (κ3) is 3.04. The number of hydrogen-bond acceptors (Lipinski definition) is 6. The molecule has 0 saturated heterocycles. The average Bonchev–Trinajstić information content (AvgIpc) is 3.48. The highest BCUT2D eigenvalue weighted by Crippen LogP contribution is 2.39. The Morgan fingerprint density at radius 3 is 2.89 bits per heavy atom. The van der Waals surface area contributed by atoms with Crippen LogP contribution in [0, 0.1) is 30.1 Å². The Balaban J connectivity index is 1.77.